The van der Waals surface area contributed by atoms with Gasteiger partial charge in [-0.1, -0.05) is 81.4 Å². The second kappa shape index (κ2) is 10.8. The van der Waals surface area contributed by atoms with Gasteiger partial charge >= 0.3 is 6.09 Å². The molecule has 0 unspecified atom stereocenters. The van der Waals surface area contributed by atoms with E-state index in [1.807, 2.05) is 53.4 Å². The van der Waals surface area contributed by atoms with E-state index < -0.39 is 11.5 Å². The second-order valence-electron chi connectivity index (χ2n) is 12.3. The molecule has 39 heavy (non-hydrogen) atoms. The first-order valence-corrected chi connectivity index (χ1v) is 14.5. The zero-order chi connectivity index (χ0) is 27.0. The highest BCUT2D eigenvalue weighted by Gasteiger charge is 2.64. The summed E-state index contributed by atoms with van der Waals surface area (Å²) in [5.41, 5.74) is 1.32. The van der Waals surface area contributed by atoms with Gasteiger partial charge in [0.2, 0.25) is 0 Å². The van der Waals surface area contributed by atoms with E-state index >= 15 is 0 Å². The van der Waals surface area contributed by atoms with Crippen molar-refractivity contribution in [2.24, 2.45) is 17.8 Å². The van der Waals surface area contributed by atoms with E-state index in [1.54, 1.807) is 0 Å². The minimum absolute atomic E-state index is 0.0964. The fourth-order valence-corrected chi connectivity index (χ4v) is 7.26. The number of hydrogen-bond acceptors (Lipinski definition) is 6. The van der Waals surface area contributed by atoms with E-state index in [0.717, 1.165) is 30.4 Å². The van der Waals surface area contributed by atoms with Crippen LogP contribution in [0, 0.1) is 17.8 Å². The summed E-state index contributed by atoms with van der Waals surface area (Å²) in [4.78, 5) is 15.4. The van der Waals surface area contributed by atoms with Gasteiger partial charge in [0, 0.05) is 25.3 Å². The Bertz CT molecular complexity index is 1130. The van der Waals surface area contributed by atoms with Gasteiger partial charge in [0.25, 0.3) is 0 Å². The summed E-state index contributed by atoms with van der Waals surface area (Å²) < 4.78 is 32.3. The van der Waals surface area contributed by atoms with E-state index in [9.17, 15) is 4.79 Å². The van der Waals surface area contributed by atoms with Gasteiger partial charge in [0.1, 0.15) is 19.3 Å². The number of carbonyl (C=O) groups excluding carboxylic acids is 1. The van der Waals surface area contributed by atoms with E-state index in [1.165, 1.54) is 0 Å². The van der Waals surface area contributed by atoms with Crippen molar-refractivity contribution in [3.8, 4) is 0 Å². The molecule has 0 aromatic heterocycles. The van der Waals surface area contributed by atoms with Gasteiger partial charge in [-0.15, -0.1) is 0 Å². The third-order valence-corrected chi connectivity index (χ3v) is 8.93. The molecule has 0 saturated carbocycles. The highest BCUT2D eigenvalue weighted by Crippen LogP contribution is 2.53. The molecule has 0 radical (unpaired) electrons. The first kappa shape index (κ1) is 26.8. The average Bonchev–Trinajstić information content (AvgIpc) is 3.30. The standard InChI is InChI=1S/C32H41NO6/c1-22-15-27-29-28(38-31(16-22,37-27)21-35-19-25-10-6-4-7-11-25)17-32(39-29)24(3)14-23(2)18-33(32)30(34)36-20-26-12-8-5-9-13-26/h4-13,22-24,27-29H,14-21H2,1-3H3/t22-,23+,24-,27+,28+,29+,31-,32+/m0/s1. The summed E-state index contributed by atoms with van der Waals surface area (Å²) in [6.45, 7) is 8.35. The number of rotatable bonds is 6. The summed E-state index contributed by atoms with van der Waals surface area (Å²) in [6, 6.07) is 20.0. The lowest BCUT2D eigenvalue weighted by Crippen LogP contribution is -2.61. The van der Waals surface area contributed by atoms with Crippen LogP contribution in [0.25, 0.3) is 0 Å². The van der Waals surface area contributed by atoms with Crippen molar-refractivity contribution in [1.29, 1.82) is 0 Å². The maximum atomic E-state index is 13.6. The summed E-state index contributed by atoms with van der Waals surface area (Å²) in [7, 11) is 0. The fraction of sp³-hybridized carbons (Fsp3) is 0.594. The number of nitrogens with zero attached hydrogens (tertiary/aromatic N) is 1. The molecule has 8 atom stereocenters. The molecule has 7 nitrogen and oxygen atoms in total. The van der Waals surface area contributed by atoms with E-state index in [0.29, 0.717) is 38.0 Å². The highest BCUT2D eigenvalue weighted by atomic mass is 16.8. The van der Waals surface area contributed by atoms with Crippen LogP contribution in [0.2, 0.25) is 0 Å². The lowest BCUT2D eigenvalue weighted by Gasteiger charge is -2.51. The van der Waals surface area contributed by atoms with E-state index in [4.69, 9.17) is 23.7 Å². The molecule has 4 saturated heterocycles. The number of amides is 1. The number of ether oxygens (including phenoxy) is 5. The van der Waals surface area contributed by atoms with Gasteiger partial charge < -0.3 is 23.7 Å². The quantitative estimate of drug-likeness (QED) is 0.458. The third kappa shape index (κ3) is 5.34. The molecule has 7 heteroatoms. The van der Waals surface area contributed by atoms with Gasteiger partial charge in [0.05, 0.1) is 18.8 Å². The Kier molecular flexibility index (Phi) is 7.44. The zero-order valence-corrected chi connectivity index (χ0v) is 23.3. The molecule has 4 aliphatic heterocycles. The third-order valence-electron chi connectivity index (χ3n) is 8.93. The lowest BCUT2D eigenvalue weighted by atomic mass is 9.79. The van der Waals surface area contributed by atoms with E-state index in [2.05, 4.69) is 32.9 Å². The predicted molar refractivity (Wildman–Crippen MR) is 145 cm³/mol. The SMILES string of the molecule is C[C@@H]1C[C@H](C)[C@]2(C[C@H]3O[C@]4(COCc5ccccc5)C[C@@H](C)C[C@@H](O4)[C@H]3O2)N(C(=O)OCc2ccccc2)C1. The Morgan fingerprint density at radius 3 is 2.23 bits per heavy atom. The molecule has 4 fully saturated rings. The average molecular weight is 536 g/mol. The summed E-state index contributed by atoms with van der Waals surface area (Å²) in [6.07, 6.45) is 2.46. The van der Waals surface area contributed by atoms with Crippen molar-refractivity contribution >= 4 is 6.09 Å². The van der Waals surface area contributed by atoms with Gasteiger partial charge in [-0.3, -0.25) is 4.90 Å². The number of benzene rings is 2. The minimum atomic E-state index is -0.795. The van der Waals surface area contributed by atoms with Crippen molar-refractivity contribution in [3.05, 3.63) is 71.8 Å². The predicted octanol–water partition coefficient (Wildman–Crippen LogP) is 5.91. The maximum absolute atomic E-state index is 13.6. The molecule has 2 aromatic carbocycles. The van der Waals surface area contributed by atoms with Crippen LogP contribution in [0.1, 0.15) is 57.6 Å². The number of fused-ring (bicyclic) bond motifs is 4. The van der Waals surface area contributed by atoms with Crippen LogP contribution in [0.4, 0.5) is 4.79 Å². The van der Waals surface area contributed by atoms with Crippen LogP contribution in [0.3, 0.4) is 0 Å². The first-order valence-electron chi connectivity index (χ1n) is 14.5. The van der Waals surface area contributed by atoms with Crippen molar-refractivity contribution in [3.63, 3.8) is 0 Å². The molecule has 2 bridgehead atoms. The van der Waals surface area contributed by atoms with Crippen LogP contribution >= 0.6 is 0 Å². The molecule has 2 aromatic rings. The molecule has 6 rings (SSSR count). The van der Waals surface area contributed by atoms with Crippen LogP contribution in [-0.4, -0.2) is 54.0 Å². The number of likely N-dealkylation sites (tertiary alicyclic amines) is 1. The smallest absolute Gasteiger partial charge is 0.412 e. The molecule has 1 spiro atoms. The number of carbonyl (C=O) groups is 1. The monoisotopic (exact) mass is 535 g/mol. The summed E-state index contributed by atoms with van der Waals surface area (Å²) >= 11 is 0. The van der Waals surface area contributed by atoms with Crippen molar-refractivity contribution in [2.45, 2.75) is 89.5 Å². The van der Waals surface area contributed by atoms with Gasteiger partial charge in [0.15, 0.2) is 11.5 Å². The molecule has 0 aliphatic carbocycles. The molecule has 4 heterocycles. The molecular weight excluding hydrogens is 494 g/mol. The zero-order valence-electron chi connectivity index (χ0n) is 23.3. The topological polar surface area (TPSA) is 66.5 Å². The Labute approximate surface area is 231 Å². The van der Waals surface area contributed by atoms with Gasteiger partial charge in [-0.2, -0.15) is 0 Å². The maximum Gasteiger partial charge on any atom is 0.412 e. The minimum Gasteiger partial charge on any atom is -0.444 e. The summed E-state index contributed by atoms with van der Waals surface area (Å²) in [5.74, 6) is 0.121. The van der Waals surface area contributed by atoms with Crippen LogP contribution in [0.5, 0.6) is 0 Å². The Morgan fingerprint density at radius 1 is 0.846 bits per heavy atom. The van der Waals surface area contributed by atoms with E-state index in [-0.39, 0.29) is 36.9 Å². The van der Waals surface area contributed by atoms with Crippen LogP contribution < -0.4 is 0 Å². The normalized spacial score (nSPS) is 37.5. The molecule has 1 amide bonds. The largest absolute Gasteiger partial charge is 0.444 e. The highest BCUT2D eigenvalue weighted by molar-refractivity contribution is 5.69. The molecule has 0 N–H and O–H groups in total. The lowest BCUT2D eigenvalue weighted by molar-refractivity contribution is -0.377. The van der Waals surface area contributed by atoms with Crippen molar-refractivity contribution in [1.82, 2.24) is 4.90 Å². The van der Waals surface area contributed by atoms with Gasteiger partial charge in [-0.05, 0) is 35.8 Å². The Balaban J connectivity index is 1.19. The van der Waals surface area contributed by atoms with Crippen molar-refractivity contribution in [2.75, 3.05) is 13.2 Å². The molecule has 4 aliphatic rings. The van der Waals surface area contributed by atoms with Gasteiger partial charge in [-0.25, -0.2) is 4.79 Å². The molecular formula is C32H41NO6. The number of piperidine rings is 1. The first-order chi connectivity index (χ1) is 18.9. The Morgan fingerprint density at radius 2 is 1.51 bits per heavy atom. The fourth-order valence-electron chi connectivity index (χ4n) is 7.26. The van der Waals surface area contributed by atoms with Crippen LogP contribution in [0.15, 0.2) is 60.7 Å². The Hall–Kier alpha value is -2.45. The molecule has 210 valence electrons. The second-order valence-corrected chi connectivity index (χ2v) is 12.3. The summed E-state index contributed by atoms with van der Waals surface area (Å²) in [5, 5.41) is 0. The number of hydrogen-bond donors (Lipinski definition) is 0. The van der Waals surface area contributed by atoms with Crippen LogP contribution in [-0.2, 0) is 36.9 Å². The van der Waals surface area contributed by atoms with Crippen molar-refractivity contribution < 1.29 is 28.5 Å².